The molecule has 0 saturated heterocycles. The molecule has 0 saturated carbocycles. The van der Waals surface area contributed by atoms with E-state index in [0.717, 1.165) is 22.6 Å². The smallest absolute Gasteiger partial charge is 0.260 e. The molecule has 1 amide bonds. The van der Waals surface area contributed by atoms with Crippen LogP contribution in [0.25, 0.3) is 17.0 Å². The lowest BCUT2D eigenvalue weighted by Gasteiger charge is -2.14. The van der Waals surface area contributed by atoms with Gasteiger partial charge in [0.1, 0.15) is 17.2 Å². The number of primary amides is 1. The lowest BCUT2D eigenvalue weighted by atomic mass is 10.1. The van der Waals surface area contributed by atoms with Crippen LogP contribution in [0.3, 0.4) is 0 Å². The Morgan fingerprint density at radius 2 is 2.09 bits per heavy atom. The quantitative estimate of drug-likeness (QED) is 0.144. The maximum absolute atomic E-state index is 12.7. The first-order valence-corrected chi connectivity index (χ1v) is 11.2. The molecule has 0 unspecified atom stereocenters. The minimum absolute atomic E-state index is 0.103. The number of nitrogen functional groups attached to an aromatic ring is 1. The molecule has 13 heteroatoms. The molecule has 1 aromatic carbocycles. The molecule has 0 atom stereocenters. The highest BCUT2D eigenvalue weighted by Crippen LogP contribution is 2.23. The second kappa shape index (κ2) is 10.9. The average molecular weight is 501 g/mol. The SMILES string of the molecule is CCc1cc2cccc(Cl)c2c(=O)n1CC/C(N)=N/N(C)N.NC(=O)c1c(N)nn2c1NCC=C2. The Balaban J connectivity index is 0.000000223. The van der Waals surface area contributed by atoms with Gasteiger partial charge in [-0.25, -0.2) is 15.6 Å². The van der Waals surface area contributed by atoms with E-state index >= 15 is 0 Å². The maximum atomic E-state index is 12.7. The van der Waals surface area contributed by atoms with Crippen molar-refractivity contribution in [2.45, 2.75) is 26.3 Å². The van der Waals surface area contributed by atoms with Gasteiger partial charge in [0, 0.05) is 38.5 Å². The second-order valence-corrected chi connectivity index (χ2v) is 8.16. The number of aromatic nitrogens is 3. The van der Waals surface area contributed by atoms with Crippen LogP contribution < -0.4 is 33.9 Å². The summed E-state index contributed by atoms with van der Waals surface area (Å²) in [5.74, 6) is 5.94. The number of fused-ring (bicyclic) bond motifs is 2. The van der Waals surface area contributed by atoms with Crippen molar-refractivity contribution in [3.05, 3.63) is 57.0 Å². The van der Waals surface area contributed by atoms with Gasteiger partial charge >= 0.3 is 0 Å². The Labute approximate surface area is 206 Å². The largest absolute Gasteiger partial charge is 0.386 e. The van der Waals surface area contributed by atoms with Crippen LogP contribution in [0.2, 0.25) is 5.02 Å². The number of nitrogens with two attached hydrogens (primary N) is 4. The lowest BCUT2D eigenvalue weighted by molar-refractivity contribution is 0.100. The number of nitrogens with one attached hydrogen (secondary N) is 1. The number of hydrazine groups is 1. The second-order valence-electron chi connectivity index (χ2n) is 7.75. The fraction of sp³-hybridized carbons (Fsp3) is 0.273. The first-order valence-electron chi connectivity index (χ1n) is 10.8. The van der Waals surface area contributed by atoms with Gasteiger partial charge in [0.05, 0.1) is 10.4 Å². The highest BCUT2D eigenvalue weighted by molar-refractivity contribution is 6.35. The number of aryl methyl sites for hydroxylation is 1. The van der Waals surface area contributed by atoms with Crippen LogP contribution in [0.1, 0.15) is 29.4 Å². The number of amides is 1. The topological polar surface area (TPSA) is 189 Å². The molecule has 35 heavy (non-hydrogen) atoms. The van der Waals surface area contributed by atoms with Crippen LogP contribution in [0, 0.1) is 0 Å². The maximum Gasteiger partial charge on any atom is 0.260 e. The van der Waals surface area contributed by atoms with Gasteiger partial charge in [-0.1, -0.05) is 30.7 Å². The van der Waals surface area contributed by atoms with Gasteiger partial charge in [0.15, 0.2) is 5.82 Å². The summed E-state index contributed by atoms with van der Waals surface area (Å²) < 4.78 is 3.20. The summed E-state index contributed by atoms with van der Waals surface area (Å²) in [7, 11) is 1.59. The lowest BCUT2D eigenvalue weighted by Crippen LogP contribution is -2.29. The van der Waals surface area contributed by atoms with Gasteiger partial charge in [0.2, 0.25) is 0 Å². The van der Waals surface area contributed by atoms with Crippen molar-refractivity contribution in [1.82, 2.24) is 19.5 Å². The van der Waals surface area contributed by atoms with Crippen molar-refractivity contribution in [3.8, 4) is 0 Å². The van der Waals surface area contributed by atoms with E-state index < -0.39 is 5.91 Å². The molecule has 4 rings (SSSR count). The zero-order valence-electron chi connectivity index (χ0n) is 19.5. The molecule has 2 aromatic heterocycles. The Bertz CT molecular complexity index is 1360. The number of hydrogen-bond acceptors (Lipinski definition) is 8. The van der Waals surface area contributed by atoms with Crippen LogP contribution >= 0.6 is 11.6 Å². The number of halogens is 1. The first kappa shape index (κ1) is 25.6. The molecule has 0 bridgehead atoms. The fourth-order valence-corrected chi connectivity index (χ4v) is 3.97. The van der Waals surface area contributed by atoms with E-state index in [1.807, 2.05) is 31.2 Å². The zero-order valence-corrected chi connectivity index (χ0v) is 20.3. The van der Waals surface area contributed by atoms with Gasteiger partial charge in [-0.05, 0) is 30.0 Å². The van der Waals surface area contributed by atoms with Crippen molar-refractivity contribution in [1.29, 1.82) is 0 Å². The Kier molecular flexibility index (Phi) is 7.99. The third kappa shape index (κ3) is 5.73. The molecule has 3 aromatic rings. The Morgan fingerprint density at radius 3 is 2.74 bits per heavy atom. The van der Waals surface area contributed by atoms with Crippen molar-refractivity contribution < 1.29 is 4.79 Å². The van der Waals surface area contributed by atoms with Crippen LogP contribution in [-0.4, -0.2) is 44.8 Å². The van der Waals surface area contributed by atoms with Gasteiger partial charge in [-0.15, -0.1) is 10.2 Å². The number of rotatable bonds is 6. The van der Waals surface area contributed by atoms with E-state index in [1.165, 1.54) is 4.68 Å². The minimum atomic E-state index is -0.568. The molecule has 1 aliphatic rings. The molecule has 3 heterocycles. The molecular weight excluding hydrogens is 472 g/mol. The Morgan fingerprint density at radius 1 is 1.34 bits per heavy atom. The molecular formula is C22H29ClN10O2. The van der Waals surface area contributed by atoms with Crippen LogP contribution in [-0.2, 0) is 13.0 Å². The first-order chi connectivity index (χ1) is 16.6. The standard InChI is InChI=1S/C15H20ClN5O.C7H9N5O/c1-3-11-9-10-5-4-6-12(16)14(10)15(22)21(11)8-7-13(17)19-20(2)18;8-5-4(6(9)13)7-10-2-1-3-12(7)11-5/h4-6,9H,3,7-8,18H2,1-2H3,(H2,17,19);1,3,10H,2H2,(H2,8,11)(H2,9,13). The predicted octanol–water partition coefficient (Wildman–Crippen LogP) is 1.15. The molecule has 1 aliphatic heterocycles. The van der Waals surface area contributed by atoms with E-state index in [-0.39, 0.29) is 16.9 Å². The van der Waals surface area contributed by atoms with E-state index in [2.05, 4.69) is 15.5 Å². The normalized spacial score (nSPS) is 12.5. The highest BCUT2D eigenvalue weighted by Gasteiger charge is 2.20. The summed E-state index contributed by atoms with van der Waals surface area (Å²) in [6.07, 6.45) is 4.77. The molecule has 9 N–H and O–H groups in total. The Hall–Kier alpha value is -4.03. The average Bonchev–Trinajstić information content (AvgIpc) is 3.14. The summed E-state index contributed by atoms with van der Waals surface area (Å²) in [6, 6.07) is 7.45. The number of nitrogens with zero attached hydrogens (tertiary/aromatic N) is 5. The number of amidine groups is 1. The van der Waals surface area contributed by atoms with Crippen LogP contribution in [0.4, 0.5) is 11.6 Å². The summed E-state index contributed by atoms with van der Waals surface area (Å²) in [4.78, 5) is 23.7. The number of hydrazone groups is 1. The van der Waals surface area contributed by atoms with Gasteiger partial charge < -0.3 is 27.1 Å². The number of carbonyl (C=O) groups is 1. The fourth-order valence-electron chi connectivity index (χ4n) is 3.71. The highest BCUT2D eigenvalue weighted by atomic mass is 35.5. The van der Waals surface area contributed by atoms with Gasteiger partial charge in [-0.2, -0.15) is 0 Å². The third-order valence-corrected chi connectivity index (χ3v) is 5.55. The number of anilines is 2. The summed E-state index contributed by atoms with van der Waals surface area (Å²) in [5.41, 5.74) is 17.5. The van der Waals surface area contributed by atoms with Gasteiger partial charge in [-0.3, -0.25) is 9.59 Å². The summed E-state index contributed by atoms with van der Waals surface area (Å²) >= 11 is 6.18. The molecule has 0 spiro atoms. The number of benzene rings is 1. The van der Waals surface area contributed by atoms with Crippen LogP contribution in [0.15, 0.2) is 40.2 Å². The molecule has 0 radical (unpaired) electrons. The molecule has 0 fully saturated rings. The van der Waals surface area contributed by atoms with Crippen molar-refractivity contribution in [2.75, 3.05) is 24.6 Å². The monoisotopic (exact) mass is 500 g/mol. The zero-order chi connectivity index (χ0) is 25.7. The van der Waals surface area contributed by atoms with Crippen molar-refractivity contribution in [3.63, 3.8) is 0 Å². The van der Waals surface area contributed by atoms with Gasteiger partial charge in [0.25, 0.3) is 11.5 Å². The minimum Gasteiger partial charge on any atom is -0.386 e. The van der Waals surface area contributed by atoms with E-state index in [0.29, 0.717) is 41.6 Å². The van der Waals surface area contributed by atoms with E-state index in [1.54, 1.807) is 23.9 Å². The molecule has 12 nitrogen and oxygen atoms in total. The number of pyridine rings is 1. The third-order valence-electron chi connectivity index (χ3n) is 5.23. The molecule has 186 valence electrons. The summed E-state index contributed by atoms with van der Waals surface area (Å²) in [6.45, 7) is 3.09. The van der Waals surface area contributed by atoms with Crippen LogP contribution in [0.5, 0.6) is 0 Å². The molecule has 0 aliphatic carbocycles. The van der Waals surface area contributed by atoms with E-state index in [4.69, 9.17) is 34.6 Å². The van der Waals surface area contributed by atoms with Crippen molar-refractivity contribution in [2.24, 2.45) is 22.4 Å². The number of carbonyl (C=O) groups excluding carboxylic acids is 1. The van der Waals surface area contributed by atoms with E-state index in [9.17, 15) is 9.59 Å². The number of hydrogen-bond donors (Lipinski definition) is 5. The van der Waals surface area contributed by atoms with Crippen molar-refractivity contribution >= 4 is 52.0 Å². The summed E-state index contributed by atoms with van der Waals surface area (Å²) in [5, 5.41) is 13.8. The predicted molar refractivity (Wildman–Crippen MR) is 140 cm³/mol.